The summed E-state index contributed by atoms with van der Waals surface area (Å²) in [6, 6.07) is 11.0. The molecule has 0 fully saturated rings. The van der Waals surface area contributed by atoms with Gasteiger partial charge < -0.3 is 10.2 Å². The van der Waals surface area contributed by atoms with Gasteiger partial charge in [-0.2, -0.15) is 5.10 Å². The summed E-state index contributed by atoms with van der Waals surface area (Å²) in [5.74, 6) is -2.13. The fourth-order valence-electron chi connectivity index (χ4n) is 2.49. The fraction of sp³-hybridized carbons (Fsp3) is 0.0526. The average molecular weight is 398 g/mol. The molecule has 0 aliphatic heterocycles. The second-order valence-electron chi connectivity index (χ2n) is 5.93. The van der Waals surface area contributed by atoms with Crippen molar-refractivity contribution in [1.82, 2.24) is 15.0 Å². The minimum atomic E-state index is -0.914. The molecule has 10 heteroatoms. The third-order valence-corrected chi connectivity index (χ3v) is 3.97. The quantitative estimate of drug-likeness (QED) is 0.374. The molecular weight excluding hydrogens is 383 g/mol. The maximum atomic E-state index is 13.0. The lowest BCUT2D eigenvalue weighted by atomic mass is 10.2. The summed E-state index contributed by atoms with van der Waals surface area (Å²) in [6.45, 7) is -0.132. The van der Waals surface area contributed by atoms with Gasteiger partial charge in [-0.25, -0.2) is 14.6 Å². The van der Waals surface area contributed by atoms with Crippen molar-refractivity contribution < 1.29 is 19.4 Å². The minimum absolute atomic E-state index is 0.0379. The zero-order chi connectivity index (χ0) is 21.0. The molecule has 1 amide bonds. The summed E-state index contributed by atoms with van der Waals surface area (Å²) in [4.78, 5) is 38.0. The Balaban J connectivity index is 1.85. The SMILES string of the molecule is O=C(NN=Cc1c(O)n(Cc2ccc(F)cc2)c(=O)[nH]c1=O)c1ccccc1O. The van der Waals surface area contributed by atoms with E-state index in [-0.39, 0.29) is 23.4 Å². The van der Waals surface area contributed by atoms with Gasteiger partial charge in [0.2, 0.25) is 5.88 Å². The Bertz CT molecular complexity index is 1200. The molecule has 148 valence electrons. The highest BCUT2D eigenvalue weighted by Crippen LogP contribution is 2.15. The molecule has 9 nitrogen and oxygen atoms in total. The Morgan fingerprint density at radius 3 is 2.52 bits per heavy atom. The topological polar surface area (TPSA) is 137 Å². The summed E-state index contributed by atoms with van der Waals surface area (Å²) in [5.41, 5.74) is 0.426. The normalized spacial score (nSPS) is 10.9. The molecule has 0 saturated heterocycles. The third kappa shape index (κ3) is 4.38. The molecule has 0 saturated carbocycles. The van der Waals surface area contributed by atoms with E-state index in [0.717, 1.165) is 10.8 Å². The number of aromatic amines is 1. The molecule has 1 aromatic heterocycles. The third-order valence-electron chi connectivity index (χ3n) is 3.97. The number of halogens is 1. The molecular formula is C19H15FN4O5. The van der Waals surface area contributed by atoms with Gasteiger partial charge in [0.05, 0.1) is 18.3 Å². The second kappa shape index (κ2) is 8.21. The number of nitrogens with zero attached hydrogens (tertiary/aromatic N) is 2. The number of aromatic hydroxyl groups is 2. The van der Waals surface area contributed by atoms with E-state index in [9.17, 15) is 29.0 Å². The van der Waals surface area contributed by atoms with Crippen LogP contribution in [0.25, 0.3) is 0 Å². The van der Waals surface area contributed by atoms with Gasteiger partial charge in [0.25, 0.3) is 11.5 Å². The highest BCUT2D eigenvalue weighted by molar-refractivity contribution is 5.97. The largest absolute Gasteiger partial charge is 0.507 e. The van der Waals surface area contributed by atoms with E-state index in [1.165, 1.54) is 42.5 Å². The van der Waals surface area contributed by atoms with E-state index in [4.69, 9.17) is 0 Å². The second-order valence-corrected chi connectivity index (χ2v) is 5.93. The van der Waals surface area contributed by atoms with E-state index in [1.807, 2.05) is 4.98 Å². The summed E-state index contributed by atoms with van der Waals surface area (Å²) in [6.07, 6.45) is 0.868. The number of carbonyl (C=O) groups excluding carboxylic acids is 1. The van der Waals surface area contributed by atoms with Crippen LogP contribution in [0.2, 0.25) is 0 Å². The molecule has 3 aromatic rings. The summed E-state index contributed by atoms with van der Waals surface area (Å²) in [7, 11) is 0. The first kappa shape index (κ1) is 19.5. The number of carbonyl (C=O) groups is 1. The van der Waals surface area contributed by atoms with E-state index in [2.05, 4.69) is 10.5 Å². The molecule has 29 heavy (non-hydrogen) atoms. The zero-order valence-corrected chi connectivity index (χ0v) is 14.8. The van der Waals surface area contributed by atoms with Crippen molar-refractivity contribution in [3.63, 3.8) is 0 Å². The predicted octanol–water partition coefficient (Wildman–Crippen LogP) is 0.899. The lowest BCUT2D eigenvalue weighted by Crippen LogP contribution is -2.32. The molecule has 0 aliphatic rings. The van der Waals surface area contributed by atoms with E-state index in [0.29, 0.717) is 5.56 Å². The maximum absolute atomic E-state index is 13.0. The molecule has 4 N–H and O–H groups in total. The van der Waals surface area contributed by atoms with Crippen molar-refractivity contribution >= 4 is 12.1 Å². The van der Waals surface area contributed by atoms with Gasteiger partial charge >= 0.3 is 5.69 Å². The van der Waals surface area contributed by atoms with E-state index in [1.54, 1.807) is 6.07 Å². The Hall–Kier alpha value is -4.21. The molecule has 2 aromatic carbocycles. The number of aromatic nitrogens is 2. The molecule has 1 heterocycles. The molecule has 0 spiro atoms. The maximum Gasteiger partial charge on any atom is 0.331 e. The number of rotatable bonds is 5. The highest BCUT2D eigenvalue weighted by atomic mass is 19.1. The van der Waals surface area contributed by atoms with Gasteiger partial charge in [-0.3, -0.25) is 19.1 Å². The molecule has 0 radical (unpaired) electrons. The zero-order valence-electron chi connectivity index (χ0n) is 14.8. The lowest BCUT2D eigenvalue weighted by Gasteiger charge is -2.09. The Kier molecular flexibility index (Phi) is 5.54. The molecule has 0 bridgehead atoms. The van der Waals surface area contributed by atoms with E-state index >= 15 is 0 Å². The van der Waals surface area contributed by atoms with Crippen LogP contribution in [0.3, 0.4) is 0 Å². The van der Waals surface area contributed by atoms with Gasteiger partial charge in [-0.15, -0.1) is 0 Å². The summed E-state index contributed by atoms with van der Waals surface area (Å²) in [5, 5.41) is 23.5. The Morgan fingerprint density at radius 2 is 1.83 bits per heavy atom. The first-order valence-corrected chi connectivity index (χ1v) is 8.28. The van der Waals surface area contributed by atoms with Crippen molar-refractivity contribution in [2.24, 2.45) is 5.10 Å². The van der Waals surface area contributed by atoms with Crippen molar-refractivity contribution in [2.45, 2.75) is 6.54 Å². The highest BCUT2D eigenvalue weighted by Gasteiger charge is 2.14. The van der Waals surface area contributed by atoms with E-state index < -0.39 is 28.9 Å². The minimum Gasteiger partial charge on any atom is -0.507 e. The number of phenols is 1. The molecule has 0 atom stereocenters. The number of hydrazone groups is 1. The van der Waals surface area contributed by atoms with Gasteiger partial charge in [0.15, 0.2) is 0 Å². The van der Waals surface area contributed by atoms with Crippen LogP contribution >= 0.6 is 0 Å². The Labute approximate surface area is 162 Å². The van der Waals surface area contributed by atoms with Gasteiger partial charge in [0, 0.05) is 0 Å². The van der Waals surface area contributed by atoms with Crippen LogP contribution in [0.4, 0.5) is 4.39 Å². The average Bonchev–Trinajstić information content (AvgIpc) is 2.69. The Morgan fingerprint density at radius 1 is 1.14 bits per heavy atom. The van der Waals surface area contributed by atoms with Crippen LogP contribution in [0.5, 0.6) is 11.6 Å². The lowest BCUT2D eigenvalue weighted by molar-refractivity contribution is 0.0952. The number of hydrogen-bond acceptors (Lipinski definition) is 6. The smallest absolute Gasteiger partial charge is 0.331 e. The number of hydrogen-bond donors (Lipinski definition) is 4. The summed E-state index contributed by atoms with van der Waals surface area (Å²) >= 11 is 0. The van der Waals surface area contributed by atoms with Crippen LogP contribution < -0.4 is 16.7 Å². The van der Waals surface area contributed by atoms with Crippen LogP contribution in [0, 0.1) is 5.82 Å². The standard InChI is InChI=1S/C19H15FN4O5/c20-12-7-5-11(6-8-12)10-24-18(28)14(16(26)22-19(24)29)9-21-23-17(27)13-3-1-2-4-15(13)25/h1-9,25,28H,10H2,(H,23,27)(H,22,26,29). The van der Waals surface area contributed by atoms with Crippen molar-refractivity contribution in [2.75, 3.05) is 0 Å². The van der Waals surface area contributed by atoms with Crippen molar-refractivity contribution in [1.29, 1.82) is 0 Å². The number of benzene rings is 2. The molecule has 0 aliphatic carbocycles. The van der Waals surface area contributed by atoms with Crippen LogP contribution in [-0.4, -0.2) is 31.9 Å². The first-order valence-electron chi connectivity index (χ1n) is 8.28. The predicted molar refractivity (Wildman–Crippen MR) is 102 cm³/mol. The van der Waals surface area contributed by atoms with Crippen LogP contribution in [0.1, 0.15) is 21.5 Å². The van der Waals surface area contributed by atoms with Gasteiger partial charge in [-0.1, -0.05) is 24.3 Å². The number of amides is 1. The van der Waals surface area contributed by atoms with Gasteiger partial charge in [-0.05, 0) is 29.8 Å². The number of para-hydroxylation sites is 1. The summed E-state index contributed by atoms with van der Waals surface area (Å²) < 4.78 is 13.9. The van der Waals surface area contributed by atoms with Crippen molar-refractivity contribution in [3.8, 4) is 11.6 Å². The molecule has 3 rings (SSSR count). The van der Waals surface area contributed by atoms with Crippen LogP contribution in [0.15, 0.2) is 63.2 Å². The molecule has 0 unspecified atom stereocenters. The van der Waals surface area contributed by atoms with Crippen molar-refractivity contribution in [3.05, 3.63) is 91.9 Å². The number of phenolic OH excluding ortho intramolecular Hbond substituents is 1. The number of H-pyrrole nitrogens is 1. The first-order chi connectivity index (χ1) is 13.9. The van der Waals surface area contributed by atoms with Crippen LogP contribution in [-0.2, 0) is 6.54 Å². The monoisotopic (exact) mass is 398 g/mol. The van der Waals surface area contributed by atoms with Gasteiger partial charge in [0.1, 0.15) is 17.1 Å². The number of nitrogens with one attached hydrogen (secondary N) is 2. The fourth-order valence-corrected chi connectivity index (χ4v) is 2.49.